The largest absolute Gasteiger partial charge is 0.355 e. The lowest BCUT2D eigenvalue weighted by Crippen LogP contribution is -2.14. The van der Waals surface area contributed by atoms with E-state index in [1.165, 1.54) is 0 Å². The van der Waals surface area contributed by atoms with Crippen molar-refractivity contribution in [2.75, 3.05) is 10.6 Å². The number of amides is 1. The van der Waals surface area contributed by atoms with Crippen molar-refractivity contribution >= 4 is 23.0 Å². The van der Waals surface area contributed by atoms with E-state index >= 15 is 0 Å². The number of anilines is 3. The quantitative estimate of drug-likeness (QED) is 0.707. The van der Waals surface area contributed by atoms with Crippen molar-refractivity contribution in [3.8, 4) is 0 Å². The topological polar surface area (TPSA) is 54.0 Å². The van der Waals surface area contributed by atoms with Crippen LogP contribution in [0, 0.1) is 20.8 Å². The molecule has 1 aromatic heterocycles. The molecule has 2 N–H and O–H groups in total. The molecule has 1 amide bonds. The average molecular weight is 331 g/mol. The van der Waals surface area contributed by atoms with Crippen LogP contribution in [-0.2, 0) is 0 Å². The Kier molecular flexibility index (Phi) is 4.80. The molecule has 126 valence electrons. The number of carbonyl (C=O) groups is 1. The van der Waals surface area contributed by atoms with Crippen molar-refractivity contribution in [1.82, 2.24) is 4.98 Å². The lowest BCUT2D eigenvalue weighted by Gasteiger charge is -2.11. The Hall–Kier alpha value is -3.14. The number of hydrogen-bond acceptors (Lipinski definition) is 3. The maximum absolute atomic E-state index is 12.5. The Morgan fingerprint density at radius 1 is 0.880 bits per heavy atom. The van der Waals surface area contributed by atoms with Gasteiger partial charge in [0.05, 0.1) is 0 Å². The summed E-state index contributed by atoms with van der Waals surface area (Å²) in [6.07, 6.45) is 1.64. The summed E-state index contributed by atoms with van der Waals surface area (Å²) in [4.78, 5) is 16.7. The molecule has 3 rings (SSSR count). The number of hydrogen-bond donors (Lipinski definition) is 2. The zero-order chi connectivity index (χ0) is 17.8. The molecule has 4 heteroatoms. The number of nitrogens with one attached hydrogen (secondary N) is 2. The summed E-state index contributed by atoms with van der Waals surface area (Å²) in [5, 5.41) is 6.27. The number of nitrogens with zero attached hydrogens (tertiary/aromatic N) is 1. The first kappa shape index (κ1) is 16.7. The third kappa shape index (κ3) is 4.04. The van der Waals surface area contributed by atoms with Gasteiger partial charge in [-0.3, -0.25) is 9.78 Å². The fourth-order valence-electron chi connectivity index (χ4n) is 2.56. The number of aromatic nitrogens is 1. The van der Waals surface area contributed by atoms with Crippen LogP contribution in [0.2, 0.25) is 0 Å². The lowest BCUT2D eigenvalue weighted by molar-refractivity contribution is 0.102. The second-order valence-corrected chi connectivity index (χ2v) is 6.14. The van der Waals surface area contributed by atoms with Crippen molar-refractivity contribution in [3.05, 3.63) is 83.2 Å². The summed E-state index contributed by atoms with van der Waals surface area (Å²) in [5.41, 5.74) is 6.28. The van der Waals surface area contributed by atoms with Crippen molar-refractivity contribution in [1.29, 1.82) is 0 Å². The Morgan fingerprint density at radius 2 is 1.64 bits per heavy atom. The molecule has 2 aromatic carbocycles. The van der Waals surface area contributed by atoms with Gasteiger partial charge in [-0.1, -0.05) is 30.3 Å². The second kappa shape index (κ2) is 7.18. The Morgan fingerprint density at radius 3 is 2.44 bits per heavy atom. The predicted octanol–water partition coefficient (Wildman–Crippen LogP) is 5.00. The minimum absolute atomic E-state index is 0.220. The van der Waals surface area contributed by atoms with Crippen LogP contribution in [0.3, 0.4) is 0 Å². The molecule has 0 aliphatic heterocycles. The molecule has 3 aromatic rings. The Labute approximate surface area is 147 Å². The highest BCUT2D eigenvalue weighted by Crippen LogP contribution is 2.21. The van der Waals surface area contributed by atoms with Crippen molar-refractivity contribution in [3.63, 3.8) is 0 Å². The minimum Gasteiger partial charge on any atom is -0.355 e. The van der Waals surface area contributed by atoms with Gasteiger partial charge >= 0.3 is 0 Å². The van der Waals surface area contributed by atoms with E-state index in [1.54, 1.807) is 12.3 Å². The van der Waals surface area contributed by atoms with Crippen LogP contribution in [0.5, 0.6) is 0 Å². The molecule has 25 heavy (non-hydrogen) atoms. The van der Waals surface area contributed by atoms with Crippen molar-refractivity contribution in [2.24, 2.45) is 0 Å². The second-order valence-electron chi connectivity index (χ2n) is 6.14. The summed E-state index contributed by atoms with van der Waals surface area (Å²) in [6, 6.07) is 17.6. The number of para-hydroxylation sites is 1. The fraction of sp³-hybridized carbons (Fsp3) is 0.143. The highest BCUT2D eigenvalue weighted by atomic mass is 16.1. The monoisotopic (exact) mass is 331 g/mol. The maximum atomic E-state index is 12.5. The van der Waals surface area contributed by atoms with E-state index < -0.39 is 0 Å². The smallest absolute Gasteiger partial charge is 0.274 e. The number of aryl methyl sites for hydroxylation is 3. The molecular weight excluding hydrogens is 310 g/mol. The van der Waals surface area contributed by atoms with Gasteiger partial charge in [-0.15, -0.1) is 0 Å². The molecule has 1 heterocycles. The molecule has 0 fully saturated rings. The molecule has 0 aliphatic carbocycles. The summed E-state index contributed by atoms with van der Waals surface area (Å²) >= 11 is 0. The molecule has 0 saturated heterocycles. The van der Waals surface area contributed by atoms with Crippen LogP contribution in [-0.4, -0.2) is 10.9 Å². The van der Waals surface area contributed by atoms with Crippen LogP contribution in [0.1, 0.15) is 27.2 Å². The fourth-order valence-corrected chi connectivity index (χ4v) is 2.56. The van der Waals surface area contributed by atoms with Gasteiger partial charge in [-0.05, 0) is 61.7 Å². The van der Waals surface area contributed by atoms with E-state index in [-0.39, 0.29) is 5.91 Å². The summed E-state index contributed by atoms with van der Waals surface area (Å²) in [7, 11) is 0. The molecule has 0 bridgehead atoms. The Bertz CT molecular complexity index is 919. The normalized spacial score (nSPS) is 10.4. The van der Waals surface area contributed by atoms with Gasteiger partial charge in [0.15, 0.2) is 0 Å². The van der Waals surface area contributed by atoms with Crippen LogP contribution in [0.25, 0.3) is 0 Å². The number of rotatable bonds is 4. The first-order valence-corrected chi connectivity index (χ1v) is 8.20. The van der Waals surface area contributed by atoms with Crippen LogP contribution in [0.15, 0.2) is 60.8 Å². The first-order chi connectivity index (χ1) is 12.0. The van der Waals surface area contributed by atoms with Crippen LogP contribution in [0.4, 0.5) is 17.1 Å². The predicted molar refractivity (Wildman–Crippen MR) is 103 cm³/mol. The number of benzene rings is 2. The molecule has 0 unspecified atom stereocenters. The van der Waals surface area contributed by atoms with Crippen molar-refractivity contribution in [2.45, 2.75) is 20.8 Å². The Balaban J connectivity index is 1.80. The maximum Gasteiger partial charge on any atom is 0.274 e. The van der Waals surface area contributed by atoms with Gasteiger partial charge in [-0.25, -0.2) is 0 Å². The minimum atomic E-state index is -0.220. The van der Waals surface area contributed by atoms with E-state index in [9.17, 15) is 4.79 Å². The van der Waals surface area contributed by atoms with Crippen LogP contribution >= 0.6 is 0 Å². The van der Waals surface area contributed by atoms with Gasteiger partial charge in [0.1, 0.15) is 5.69 Å². The lowest BCUT2D eigenvalue weighted by atomic mass is 10.1. The zero-order valence-corrected chi connectivity index (χ0v) is 14.6. The molecule has 0 radical (unpaired) electrons. The molecule has 0 saturated carbocycles. The summed E-state index contributed by atoms with van der Waals surface area (Å²) in [6.45, 7) is 6.01. The van der Waals surface area contributed by atoms with E-state index in [4.69, 9.17) is 0 Å². The highest BCUT2D eigenvalue weighted by Gasteiger charge is 2.10. The number of carbonyl (C=O) groups excluding carboxylic acids is 1. The summed E-state index contributed by atoms with van der Waals surface area (Å²) in [5.74, 6) is -0.220. The van der Waals surface area contributed by atoms with Gasteiger partial charge in [0.25, 0.3) is 5.91 Å². The van der Waals surface area contributed by atoms with Gasteiger partial charge in [-0.2, -0.15) is 0 Å². The molecule has 0 aliphatic rings. The standard InChI is InChI=1S/C21H21N3O/c1-14-8-9-16(3)19(12-14)24-21(25)20-13-17(10-11-22-20)23-18-7-5-4-6-15(18)2/h4-13H,1-3H3,(H,22,23)(H,24,25). The zero-order valence-electron chi connectivity index (χ0n) is 14.6. The van der Waals surface area contributed by atoms with Gasteiger partial charge in [0, 0.05) is 23.3 Å². The summed E-state index contributed by atoms with van der Waals surface area (Å²) < 4.78 is 0. The average Bonchev–Trinajstić information content (AvgIpc) is 2.60. The molecule has 4 nitrogen and oxygen atoms in total. The van der Waals surface area contributed by atoms with Gasteiger partial charge in [0.2, 0.25) is 0 Å². The third-order valence-corrected chi connectivity index (χ3v) is 4.06. The van der Waals surface area contributed by atoms with Gasteiger partial charge < -0.3 is 10.6 Å². The number of pyridine rings is 1. The molecule has 0 atom stereocenters. The SMILES string of the molecule is Cc1ccc(C)c(NC(=O)c2cc(Nc3ccccc3C)ccn2)c1. The third-order valence-electron chi connectivity index (χ3n) is 4.06. The highest BCUT2D eigenvalue weighted by molar-refractivity contribution is 6.03. The van der Waals surface area contributed by atoms with E-state index in [2.05, 4.69) is 15.6 Å². The molecule has 0 spiro atoms. The van der Waals surface area contributed by atoms with Crippen LogP contribution < -0.4 is 10.6 Å². The van der Waals surface area contributed by atoms with E-state index in [1.807, 2.05) is 69.3 Å². The van der Waals surface area contributed by atoms with E-state index in [0.717, 1.165) is 33.8 Å². The van der Waals surface area contributed by atoms with Crippen molar-refractivity contribution < 1.29 is 4.79 Å². The van der Waals surface area contributed by atoms with E-state index in [0.29, 0.717) is 5.69 Å². The molecular formula is C21H21N3O. The first-order valence-electron chi connectivity index (χ1n) is 8.20.